The van der Waals surface area contributed by atoms with Crippen LogP contribution >= 0.6 is 0 Å². The van der Waals surface area contributed by atoms with Crippen LogP contribution in [0, 0.1) is 0 Å². The average molecular weight is 312 g/mol. The first-order valence-electron chi connectivity index (χ1n) is 7.07. The Hall–Kier alpha value is -2.95. The van der Waals surface area contributed by atoms with E-state index in [0.29, 0.717) is 16.7 Å². The van der Waals surface area contributed by atoms with Gasteiger partial charge >= 0.3 is 11.9 Å². The highest BCUT2D eigenvalue weighted by atomic mass is 16.5. The van der Waals surface area contributed by atoms with Gasteiger partial charge in [0, 0.05) is 11.1 Å². The van der Waals surface area contributed by atoms with E-state index in [1.165, 1.54) is 0 Å². The number of ether oxygens (including phenoxy) is 1. The molecule has 0 aliphatic rings. The molecule has 0 aliphatic carbocycles. The van der Waals surface area contributed by atoms with Crippen molar-refractivity contribution in [3.63, 3.8) is 0 Å². The van der Waals surface area contributed by atoms with E-state index in [1.807, 2.05) is 6.07 Å². The third kappa shape index (κ3) is 4.26. The first kappa shape index (κ1) is 16.4. The SMILES string of the molecule is CC(C(=O)OCC(=O)O)c1cccc(C(=O)c2ccccc2)c1. The number of carbonyl (C=O) groups is 3. The van der Waals surface area contributed by atoms with Crippen molar-refractivity contribution in [2.45, 2.75) is 12.8 Å². The Morgan fingerprint density at radius 2 is 1.65 bits per heavy atom. The Kier molecular flexibility index (Phi) is 5.25. The molecule has 0 fully saturated rings. The molecule has 1 atom stereocenters. The number of esters is 1. The molecule has 2 rings (SSSR count). The van der Waals surface area contributed by atoms with Gasteiger partial charge in [-0.25, -0.2) is 4.79 Å². The molecule has 0 amide bonds. The largest absolute Gasteiger partial charge is 0.479 e. The first-order chi connectivity index (χ1) is 11.0. The van der Waals surface area contributed by atoms with E-state index in [1.54, 1.807) is 55.5 Å². The van der Waals surface area contributed by atoms with Crippen LogP contribution in [-0.4, -0.2) is 29.4 Å². The summed E-state index contributed by atoms with van der Waals surface area (Å²) in [4.78, 5) is 34.7. The van der Waals surface area contributed by atoms with E-state index >= 15 is 0 Å². The molecule has 0 aromatic heterocycles. The lowest BCUT2D eigenvalue weighted by atomic mass is 9.96. The molecule has 0 saturated heterocycles. The van der Waals surface area contributed by atoms with Gasteiger partial charge in [-0.2, -0.15) is 0 Å². The minimum atomic E-state index is -1.21. The Bertz CT molecular complexity index is 721. The Balaban J connectivity index is 2.18. The van der Waals surface area contributed by atoms with Crippen LogP contribution in [-0.2, 0) is 14.3 Å². The number of hydrogen-bond donors (Lipinski definition) is 1. The van der Waals surface area contributed by atoms with Gasteiger partial charge < -0.3 is 9.84 Å². The zero-order chi connectivity index (χ0) is 16.8. The summed E-state index contributed by atoms with van der Waals surface area (Å²) in [6.45, 7) is 0.933. The molecule has 0 heterocycles. The van der Waals surface area contributed by atoms with Crippen LogP contribution in [0.3, 0.4) is 0 Å². The number of ketones is 1. The minimum absolute atomic E-state index is 0.140. The highest BCUT2D eigenvalue weighted by molar-refractivity contribution is 6.09. The van der Waals surface area contributed by atoms with Gasteiger partial charge in [-0.15, -0.1) is 0 Å². The van der Waals surface area contributed by atoms with Gasteiger partial charge in [0.15, 0.2) is 12.4 Å². The van der Waals surface area contributed by atoms with Crippen LogP contribution in [0.1, 0.15) is 34.3 Å². The van der Waals surface area contributed by atoms with Crippen molar-refractivity contribution in [3.05, 3.63) is 71.3 Å². The van der Waals surface area contributed by atoms with Crippen LogP contribution in [0.2, 0.25) is 0 Å². The molecule has 118 valence electrons. The van der Waals surface area contributed by atoms with E-state index < -0.39 is 24.5 Å². The molecule has 1 unspecified atom stereocenters. The number of carbonyl (C=O) groups excluding carboxylic acids is 2. The molecule has 5 nitrogen and oxygen atoms in total. The van der Waals surface area contributed by atoms with Crippen molar-refractivity contribution >= 4 is 17.7 Å². The van der Waals surface area contributed by atoms with Gasteiger partial charge in [0.05, 0.1) is 5.92 Å². The minimum Gasteiger partial charge on any atom is -0.479 e. The second-order valence-electron chi connectivity index (χ2n) is 5.04. The smallest absolute Gasteiger partial charge is 0.341 e. The third-order valence-electron chi connectivity index (χ3n) is 3.38. The molecule has 0 bridgehead atoms. The van der Waals surface area contributed by atoms with E-state index in [0.717, 1.165) is 0 Å². The zero-order valence-corrected chi connectivity index (χ0v) is 12.6. The van der Waals surface area contributed by atoms with Crippen LogP contribution in [0.25, 0.3) is 0 Å². The van der Waals surface area contributed by atoms with Gasteiger partial charge in [0.25, 0.3) is 0 Å². The molecule has 1 N–H and O–H groups in total. The summed E-state index contributed by atoms with van der Waals surface area (Å²) in [5.74, 6) is -2.65. The maximum absolute atomic E-state index is 12.4. The Morgan fingerprint density at radius 1 is 1.00 bits per heavy atom. The average Bonchev–Trinajstić information content (AvgIpc) is 2.59. The quantitative estimate of drug-likeness (QED) is 0.655. The van der Waals surface area contributed by atoms with E-state index in [-0.39, 0.29) is 5.78 Å². The van der Waals surface area contributed by atoms with Gasteiger partial charge in [0.2, 0.25) is 0 Å². The lowest BCUT2D eigenvalue weighted by Gasteiger charge is -2.12. The summed E-state index contributed by atoms with van der Waals surface area (Å²) in [5, 5.41) is 8.54. The zero-order valence-electron chi connectivity index (χ0n) is 12.6. The van der Waals surface area contributed by atoms with Crippen molar-refractivity contribution in [1.29, 1.82) is 0 Å². The van der Waals surface area contributed by atoms with Crippen LogP contribution < -0.4 is 0 Å². The van der Waals surface area contributed by atoms with Gasteiger partial charge in [-0.05, 0) is 18.6 Å². The summed E-state index contributed by atoms with van der Waals surface area (Å²) in [5.41, 5.74) is 1.62. The Labute approximate surface area is 133 Å². The molecule has 0 saturated carbocycles. The number of carboxylic acids is 1. The second-order valence-corrected chi connectivity index (χ2v) is 5.04. The van der Waals surface area contributed by atoms with Crippen LogP contribution in [0.5, 0.6) is 0 Å². The summed E-state index contributed by atoms with van der Waals surface area (Å²) in [7, 11) is 0. The molecule has 0 spiro atoms. The van der Waals surface area contributed by atoms with E-state index in [2.05, 4.69) is 4.74 Å². The standard InChI is InChI=1S/C18H16O5/c1-12(18(22)23-11-16(19)20)14-8-5-9-15(10-14)17(21)13-6-3-2-4-7-13/h2-10,12H,11H2,1H3,(H,19,20). The lowest BCUT2D eigenvalue weighted by Crippen LogP contribution is -2.18. The van der Waals surface area contributed by atoms with E-state index in [4.69, 9.17) is 5.11 Å². The highest BCUT2D eigenvalue weighted by Crippen LogP contribution is 2.20. The summed E-state index contributed by atoms with van der Waals surface area (Å²) in [6, 6.07) is 15.5. The normalized spacial score (nSPS) is 11.5. The molecule has 0 aliphatic heterocycles. The fourth-order valence-electron chi connectivity index (χ4n) is 2.10. The molecule has 2 aromatic carbocycles. The Morgan fingerprint density at radius 3 is 2.30 bits per heavy atom. The number of benzene rings is 2. The maximum Gasteiger partial charge on any atom is 0.341 e. The van der Waals surface area contributed by atoms with Crippen molar-refractivity contribution in [2.75, 3.05) is 6.61 Å². The summed E-state index contributed by atoms with van der Waals surface area (Å²) in [6.07, 6.45) is 0. The lowest BCUT2D eigenvalue weighted by molar-refractivity contribution is -0.155. The van der Waals surface area contributed by atoms with Gasteiger partial charge in [-0.3, -0.25) is 9.59 Å². The fraction of sp³-hybridized carbons (Fsp3) is 0.167. The number of aliphatic carboxylic acids is 1. The van der Waals surface area contributed by atoms with Crippen LogP contribution in [0.4, 0.5) is 0 Å². The van der Waals surface area contributed by atoms with Crippen molar-refractivity contribution < 1.29 is 24.2 Å². The molecule has 0 radical (unpaired) electrons. The number of rotatable bonds is 6. The predicted octanol–water partition coefficient (Wildman–Crippen LogP) is 2.65. The number of hydrogen-bond acceptors (Lipinski definition) is 4. The van der Waals surface area contributed by atoms with Gasteiger partial charge in [-0.1, -0.05) is 48.5 Å². The third-order valence-corrected chi connectivity index (χ3v) is 3.38. The predicted molar refractivity (Wildman–Crippen MR) is 83.3 cm³/mol. The maximum atomic E-state index is 12.4. The van der Waals surface area contributed by atoms with Crippen molar-refractivity contribution in [1.82, 2.24) is 0 Å². The molecular formula is C18H16O5. The first-order valence-corrected chi connectivity index (χ1v) is 7.07. The van der Waals surface area contributed by atoms with Crippen molar-refractivity contribution in [3.8, 4) is 0 Å². The highest BCUT2D eigenvalue weighted by Gasteiger charge is 2.19. The molecular weight excluding hydrogens is 296 g/mol. The summed E-state index contributed by atoms with van der Waals surface area (Å²) >= 11 is 0. The molecule has 2 aromatic rings. The van der Waals surface area contributed by atoms with Gasteiger partial charge in [0.1, 0.15) is 0 Å². The number of carboxylic acid groups (broad SMARTS) is 1. The van der Waals surface area contributed by atoms with E-state index in [9.17, 15) is 14.4 Å². The van der Waals surface area contributed by atoms with Crippen LogP contribution in [0.15, 0.2) is 54.6 Å². The fourth-order valence-corrected chi connectivity index (χ4v) is 2.10. The molecule has 5 heteroatoms. The molecule has 23 heavy (non-hydrogen) atoms. The van der Waals surface area contributed by atoms with Crippen molar-refractivity contribution in [2.24, 2.45) is 0 Å². The summed E-state index contributed by atoms with van der Waals surface area (Å²) < 4.78 is 4.68. The topological polar surface area (TPSA) is 80.7 Å². The monoisotopic (exact) mass is 312 g/mol. The second kappa shape index (κ2) is 7.35.